The van der Waals surface area contributed by atoms with E-state index in [1.165, 1.54) is 18.4 Å². The van der Waals surface area contributed by atoms with Crippen LogP contribution >= 0.6 is 0 Å². The third-order valence-electron chi connectivity index (χ3n) is 6.83. The van der Waals surface area contributed by atoms with Crippen molar-refractivity contribution in [3.8, 4) is 0 Å². The van der Waals surface area contributed by atoms with Gasteiger partial charge in [-0.25, -0.2) is 4.39 Å². The molecule has 4 heteroatoms. The SMILES string of the molecule is O=C(NCC1(c2ccc(F)cc2)CCCC1)C1CCN(Cc2ccccc2)CC1. The minimum Gasteiger partial charge on any atom is -0.355 e. The lowest BCUT2D eigenvalue weighted by Crippen LogP contribution is -2.44. The number of carbonyl (C=O) groups is 1. The average molecular weight is 395 g/mol. The number of nitrogens with zero attached hydrogens (tertiary/aromatic N) is 1. The molecule has 1 N–H and O–H groups in total. The molecule has 4 rings (SSSR count). The van der Waals surface area contributed by atoms with Gasteiger partial charge in [-0.2, -0.15) is 0 Å². The van der Waals surface area contributed by atoms with E-state index in [9.17, 15) is 9.18 Å². The molecule has 1 saturated carbocycles. The molecule has 2 aromatic carbocycles. The average Bonchev–Trinajstić information content (AvgIpc) is 3.24. The van der Waals surface area contributed by atoms with Crippen molar-refractivity contribution in [2.75, 3.05) is 19.6 Å². The van der Waals surface area contributed by atoms with Crippen molar-refractivity contribution in [2.45, 2.75) is 50.5 Å². The normalized spacial score (nSPS) is 19.9. The van der Waals surface area contributed by atoms with Gasteiger partial charge in [0.15, 0.2) is 0 Å². The van der Waals surface area contributed by atoms with E-state index in [0.29, 0.717) is 6.54 Å². The molecule has 1 aliphatic heterocycles. The van der Waals surface area contributed by atoms with Gasteiger partial charge >= 0.3 is 0 Å². The Labute approximate surface area is 173 Å². The Morgan fingerprint density at radius 3 is 2.31 bits per heavy atom. The Balaban J connectivity index is 1.30. The molecular weight excluding hydrogens is 363 g/mol. The third kappa shape index (κ3) is 4.87. The molecule has 0 unspecified atom stereocenters. The van der Waals surface area contributed by atoms with Gasteiger partial charge in [-0.05, 0) is 62.0 Å². The number of hydrogen-bond donors (Lipinski definition) is 1. The number of rotatable bonds is 6. The first kappa shape index (κ1) is 20.1. The molecule has 1 saturated heterocycles. The first-order chi connectivity index (χ1) is 14.1. The Morgan fingerprint density at radius 2 is 1.66 bits per heavy atom. The van der Waals surface area contributed by atoms with Crippen LogP contribution < -0.4 is 5.32 Å². The molecule has 3 nitrogen and oxygen atoms in total. The van der Waals surface area contributed by atoms with Crippen LogP contribution in [-0.4, -0.2) is 30.4 Å². The first-order valence-corrected chi connectivity index (χ1v) is 10.9. The molecule has 2 aliphatic rings. The molecule has 0 atom stereocenters. The second-order valence-electron chi connectivity index (χ2n) is 8.75. The Morgan fingerprint density at radius 1 is 1.00 bits per heavy atom. The smallest absolute Gasteiger partial charge is 0.223 e. The van der Waals surface area contributed by atoms with Gasteiger partial charge < -0.3 is 5.32 Å². The molecule has 29 heavy (non-hydrogen) atoms. The molecule has 1 amide bonds. The van der Waals surface area contributed by atoms with Crippen LogP contribution in [0.1, 0.15) is 49.7 Å². The zero-order valence-corrected chi connectivity index (χ0v) is 17.1. The highest BCUT2D eigenvalue weighted by Crippen LogP contribution is 2.40. The van der Waals surface area contributed by atoms with E-state index in [4.69, 9.17) is 0 Å². The van der Waals surface area contributed by atoms with E-state index in [2.05, 4.69) is 34.5 Å². The topological polar surface area (TPSA) is 32.3 Å². The summed E-state index contributed by atoms with van der Waals surface area (Å²) in [6.07, 6.45) is 6.31. The molecule has 2 fully saturated rings. The lowest BCUT2D eigenvalue weighted by Gasteiger charge is -2.33. The van der Waals surface area contributed by atoms with Gasteiger partial charge in [-0.3, -0.25) is 9.69 Å². The maximum absolute atomic E-state index is 13.4. The maximum atomic E-state index is 13.4. The zero-order chi connectivity index (χ0) is 20.1. The van der Waals surface area contributed by atoms with E-state index in [1.807, 2.05) is 18.2 Å². The number of piperidine rings is 1. The molecule has 1 aliphatic carbocycles. The van der Waals surface area contributed by atoms with Crippen molar-refractivity contribution >= 4 is 5.91 Å². The minimum atomic E-state index is -0.201. The lowest BCUT2D eigenvalue weighted by atomic mass is 9.78. The maximum Gasteiger partial charge on any atom is 0.223 e. The van der Waals surface area contributed by atoms with Crippen molar-refractivity contribution < 1.29 is 9.18 Å². The number of hydrogen-bond acceptors (Lipinski definition) is 2. The van der Waals surface area contributed by atoms with Crippen molar-refractivity contribution in [2.24, 2.45) is 5.92 Å². The predicted octanol–water partition coefficient (Wildman–Crippen LogP) is 4.67. The molecule has 0 spiro atoms. The van der Waals surface area contributed by atoms with E-state index < -0.39 is 0 Å². The lowest BCUT2D eigenvalue weighted by molar-refractivity contribution is -0.126. The van der Waals surface area contributed by atoms with Crippen molar-refractivity contribution in [3.05, 3.63) is 71.5 Å². The second kappa shape index (κ2) is 9.08. The van der Waals surface area contributed by atoms with Crippen LogP contribution in [0.5, 0.6) is 0 Å². The summed E-state index contributed by atoms with van der Waals surface area (Å²) in [4.78, 5) is 15.3. The van der Waals surface area contributed by atoms with Crippen molar-refractivity contribution in [3.63, 3.8) is 0 Å². The first-order valence-electron chi connectivity index (χ1n) is 10.9. The van der Waals surface area contributed by atoms with Gasteiger partial charge in [0.2, 0.25) is 5.91 Å². The summed E-state index contributed by atoms with van der Waals surface area (Å²) < 4.78 is 13.4. The second-order valence-corrected chi connectivity index (χ2v) is 8.75. The van der Waals surface area contributed by atoms with Gasteiger partial charge in [0.05, 0.1) is 0 Å². The van der Waals surface area contributed by atoms with Gasteiger partial charge in [-0.15, -0.1) is 0 Å². The van der Waals surface area contributed by atoms with Crippen LogP contribution in [0.15, 0.2) is 54.6 Å². The summed E-state index contributed by atoms with van der Waals surface area (Å²) in [5.74, 6) is 0.0969. The van der Waals surface area contributed by atoms with Crippen molar-refractivity contribution in [1.82, 2.24) is 10.2 Å². The highest BCUT2D eigenvalue weighted by Gasteiger charge is 2.36. The molecule has 0 radical (unpaired) electrons. The Kier molecular flexibility index (Phi) is 6.29. The number of benzene rings is 2. The van der Waals surface area contributed by atoms with Crippen LogP contribution in [0.3, 0.4) is 0 Å². The van der Waals surface area contributed by atoms with E-state index in [1.54, 1.807) is 12.1 Å². The number of amides is 1. The van der Waals surface area contributed by atoms with Crippen LogP contribution in [0, 0.1) is 11.7 Å². The van der Waals surface area contributed by atoms with Crippen LogP contribution in [-0.2, 0) is 16.8 Å². The summed E-state index contributed by atoms with van der Waals surface area (Å²) in [5.41, 5.74) is 2.46. The van der Waals surface area contributed by atoms with E-state index in [-0.39, 0.29) is 23.1 Å². The number of likely N-dealkylation sites (tertiary alicyclic amines) is 1. The summed E-state index contributed by atoms with van der Waals surface area (Å²) in [5, 5.41) is 3.26. The summed E-state index contributed by atoms with van der Waals surface area (Å²) >= 11 is 0. The highest BCUT2D eigenvalue weighted by molar-refractivity contribution is 5.78. The number of nitrogens with one attached hydrogen (secondary N) is 1. The molecule has 0 bridgehead atoms. The third-order valence-corrected chi connectivity index (χ3v) is 6.83. The molecular formula is C25H31FN2O. The summed E-state index contributed by atoms with van der Waals surface area (Å²) in [6, 6.07) is 17.4. The van der Waals surface area contributed by atoms with E-state index in [0.717, 1.165) is 50.9 Å². The predicted molar refractivity (Wildman–Crippen MR) is 114 cm³/mol. The largest absolute Gasteiger partial charge is 0.355 e. The van der Waals surface area contributed by atoms with Gasteiger partial charge in [-0.1, -0.05) is 55.3 Å². The highest BCUT2D eigenvalue weighted by atomic mass is 19.1. The Hall–Kier alpha value is -2.20. The fourth-order valence-corrected chi connectivity index (χ4v) is 5.02. The standard InChI is InChI=1S/C25H31FN2O/c26-23-10-8-22(9-11-23)25(14-4-5-15-25)19-27-24(29)21-12-16-28(17-13-21)18-20-6-2-1-3-7-20/h1-3,6-11,21H,4-5,12-19H2,(H,27,29). The van der Waals surface area contributed by atoms with Crippen LogP contribution in [0.25, 0.3) is 0 Å². The quantitative estimate of drug-likeness (QED) is 0.772. The van der Waals surface area contributed by atoms with Gasteiger partial charge in [0.1, 0.15) is 5.82 Å². The zero-order valence-electron chi connectivity index (χ0n) is 17.1. The molecule has 0 aromatic heterocycles. The van der Waals surface area contributed by atoms with Crippen LogP contribution in [0.2, 0.25) is 0 Å². The minimum absolute atomic E-state index is 0.0304. The van der Waals surface area contributed by atoms with E-state index >= 15 is 0 Å². The van der Waals surface area contributed by atoms with Gasteiger partial charge in [0, 0.05) is 24.4 Å². The summed E-state index contributed by atoms with van der Waals surface area (Å²) in [6.45, 7) is 3.57. The van der Waals surface area contributed by atoms with Crippen LogP contribution in [0.4, 0.5) is 4.39 Å². The van der Waals surface area contributed by atoms with Crippen molar-refractivity contribution in [1.29, 1.82) is 0 Å². The summed E-state index contributed by atoms with van der Waals surface area (Å²) in [7, 11) is 0. The fourth-order valence-electron chi connectivity index (χ4n) is 5.02. The fraction of sp³-hybridized carbons (Fsp3) is 0.480. The molecule has 154 valence electrons. The number of halogens is 1. The Bertz CT molecular complexity index is 791. The van der Waals surface area contributed by atoms with Gasteiger partial charge in [0.25, 0.3) is 0 Å². The molecule has 1 heterocycles. The number of carbonyl (C=O) groups excluding carboxylic acids is 1. The monoisotopic (exact) mass is 394 g/mol. The molecule has 2 aromatic rings.